The second-order valence-electron chi connectivity index (χ2n) is 5.62. The van der Waals surface area contributed by atoms with E-state index in [1.165, 1.54) is 0 Å². The molecule has 0 aromatic rings. The number of nitrogens with zero attached hydrogens (tertiary/aromatic N) is 1. The number of hydrogen-bond donors (Lipinski definition) is 2. The van der Waals surface area contributed by atoms with Crippen molar-refractivity contribution in [1.82, 2.24) is 4.90 Å². The number of aldehydes is 1. The van der Waals surface area contributed by atoms with Gasteiger partial charge in [-0.15, -0.1) is 0 Å². The lowest BCUT2D eigenvalue weighted by Gasteiger charge is -2.33. The van der Waals surface area contributed by atoms with Crippen molar-refractivity contribution in [3.8, 4) is 0 Å². The Balaban J connectivity index is 3.00. The standard InChI is InChI=1S/C14H21NO5/c1-14(2,3)20-13(19)15(11(8-16)9-17)10-4-6-12(18)7-5-10/h4,6,8-10,12,16,18H,5,7H2,1-3H3/b11-8-/t10-,12+/m1/s1. The Labute approximate surface area is 118 Å². The smallest absolute Gasteiger partial charge is 0.415 e. The molecule has 2 atom stereocenters. The van der Waals surface area contributed by atoms with E-state index in [9.17, 15) is 14.7 Å². The molecule has 0 fully saturated rings. The van der Waals surface area contributed by atoms with Crippen LogP contribution in [0.4, 0.5) is 4.79 Å². The molecule has 2 N–H and O–H groups in total. The molecule has 1 aliphatic rings. The van der Waals surface area contributed by atoms with Crippen molar-refractivity contribution in [1.29, 1.82) is 0 Å². The Hall–Kier alpha value is -1.82. The first-order valence-corrected chi connectivity index (χ1v) is 6.46. The van der Waals surface area contributed by atoms with Crippen LogP contribution in [0.1, 0.15) is 33.6 Å². The quantitative estimate of drug-likeness (QED) is 0.357. The number of amides is 1. The van der Waals surface area contributed by atoms with Crippen molar-refractivity contribution in [3.63, 3.8) is 0 Å². The molecule has 1 amide bonds. The van der Waals surface area contributed by atoms with Gasteiger partial charge in [-0.1, -0.05) is 12.2 Å². The monoisotopic (exact) mass is 283 g/mol. The number of carbonyl (C=O) groups excluding carboxylic acids is 2. The number of aliphatic hydroxyl groups is 2. The minimum absolute atomic E-state index is 0.176. The minimum Gasteiger partial charge on any atom is -0.513 e. The van der Waals surface area contributed by atoms with Gasteiger partial charge < -0.3 is 14.9 Å². The Bertz CT molecular complexity index is 422. The third-order valence-electron chi connectivity index (χ3n) is 2.77. The van der Waals surface area contributed by atoms with E-state index >= 15 is 0 Å². The van der Waals surface area contributed by atoms with Crippen LogP contribution < -0.4 is 0 Å². The Morgan fingerprint density at radius 2 is 2.00 bits per heavy atom. The van der Waals surface area contributed by atoms with Crippen LogP contribution in [0.5, 0.6) is 0 Å². The Morgan fingerprint density at radius 1 is 1.35 bits per heavy atom. The summed E-state index contributed by atoms with van der Waals surface area (Å²) in [5, 5.41) is 18.5. The highest BCUT2D eigenvalue weighted by Gasteiger charge is 2.31. The summed E-state index contributed by atoms with van der Waals surface area (Å²) >= 11 is 0. The molecule has 112 valence electrons. The third-order valence-corrected chi connectivity index (χ3v) is 2.77. The Morgan fingerprint density at radius 3 is 2.40 bits per heavy atom. The average molecular weight is 283 g/mol. The molecule has 6 nitrogen and oxygen atoms in total. The van der Waals surface area contributed by atoms with Gasteiger partial charge in [-0.05, 0) is 33.6 Å². The highest BCUT2D eigenvalue weighted by Crippen LogP contribution is 2.23. The molecule has 0 radical (unpaired) electrons. The molecule has 6 heteroatoms. The molecule has 0 spiro atoms. The number of rotatable bonds is 3. The summed E-state index contributed by atoms with van der Waals surface area (Å²) in [5.74, 6) is 0. The van der Waals surface area contributed by atoms with E-state index in [0.29, 0.717) is 25.4 Å². The molecule has 0 aliphatic heterocycles. The van der Waals surface area contributed by atoms with Gasteiger partial charge in [0.25, 0.3) is 0 Å². The van der Waals surface area contributed by atoms with E-state index < -0.39 is 23.8 Å². The van der Waals surface area contributed by atoms with E-state index in [-0.39, 0.29) is 5.70 Å². The maximum absolute atomic E-state index is 12.2. The Kier molecular flexibility index (Phi) is 5.33. The zero-order valence-electron chi connectivity index (χ0n) is 11.9. The molecular weight excluding hydrogens is 262 g/mol. The predicted molar refractivity (Wildman–Crippen MR) is 73.0 cm³/mol. The van der Waals surface area contributed by atoms with Gasteiger partial charge in [-0.3, -0.25) is 9.69 Å². The van der Waals surface area contributed by atoms with E-state index in [1.54, 1.807) is 32.9 Å². The number of aliphatic hydroxyl groups excluding tert-OH is 2. The summed E-state index contributed by atoms with van der Waals surface area (Å²) in [4.78, 5) is 24.3. The largest absolute Gasteiger partial charge is 0.513 e. The van der Waals surface area contributed by atoms with Gasteiger partial charge in [0.15, 0.2) is 6.29 Å². The zero-order valence-corrected chi connectivity index (χ0v) is 11.9. The van der Waals surface area contributed by atoms with Crippen LogP contribution in [0.15, 0.2) is 24.1 Å². The van der Waals surface area contributed by atoms with Gasteiger partial charge in [0.2, 0.25) is 0 Å². The highest BCUT2D eigenvalue weighted by atomic mass is 16.6. The SMILES string of the molecule is CC(C)(C)OC(=O)N(/C(C=O)=C\O)[C@@H]1C=C[C@H](O)CC1. The van der Waals surface area contributed by atoms with E-state index in [4.69, 9.17) is 9.84 Å². The normalized spacial score (nSPS) is 23.3. The van der Waals surface area contributed by atoms with Crippen LogP contribution in [0.3, 0.4) is 0 Å². The second kappa shape index (κ2) is 6.56. The maximum Gasteiger partial charge on any atom is 0.415 e. The molecule has 0 aromatic carbocycles. The van der Waals surface area contributed by atoms with Crippen molar-refractivity contribution in [2.45, 2.75) is 51.4 Å². The fourth-order valence-electron chi connectivity index (χ4n) is 1.90. The number of hydrogen-bond acceptors (Lipinski definition) is 5. The average Bonchev–Trinajstić information content (AvgIpc) is 2.35. The van der Waals surface area contributed by atoms with Gasteiger partial charge >= 0.3 is 6.09 Å². The van der Waals surface area contributed by atoms with Crippen LogP contribution in [-0.4, -0.2) is 45.2 Å². The fraction of sp³-hybridized carbons (Fsp3) is 0.571. The van der Waals surface area contributed by atoms with Gasteiger partial charge in [-0.2, -0.15) is 0 Å². The van der Waals surface area contributed by atoms with E-state index in [0.717, 1.165) is 4.90 Å². The summed E-state index contributed by atoms with van der Waals surface area (Å²) in [7, 11) is 0. The van der Waals surface area contributed by atoms with Crippen LogP contribution in [0, 0.1) is 0 Å². The van der Waals surface area contributed by atoms with Gasteiger partial charge in [0, 0.05) is 0 Å². The van der Waals surface area contributed by atoms with Crippen molar-refractivity contribution in [2.75, 3.05) is 0 Å². The molecule has 1 aliphatic carbocycles. The molecular formula is C14H21NO5. The lowest BCUT2D eigenvalue weighted by molar-refractivity contribution is -0.106. The van der Waals surface area contributed by atoms with Crippen molar-refractivity contribution in [3.05, 3.63) is 24.1 Å². The summed E-state index contributed by atoms with van der Waals surface area (Å²) in [6.07, 6.45) is 3.84. The molecule has 0 saturated heterocycles. The summed E-state index contributed by atoms with van der Waals surface area (Å²) in [5.41, 5.74) is -0.887. The second-order valence-corrected chi connectivity index (χ2v) is 5.62. The molecule has 1 rings (SSSR count). The summed E-state index contributed by atoms with van der Waals surface area (Å²) in [6, 6.07) is -0.433. The number of ether oxygens (including phenoxy) is 1. The van der Waals surface area contributed by atoms with Gasteiger partial charge in [-0.25, -0.2) is 4.79 Å². The van der Waals surface area contributed by atoms with Crippen molar-refractivity contribution >= 4 is 12.4 Å². The van der Waals surface area contributed by atoms with Crippen molar-refractivity contribution < 1.29 is 24.5 Å². The summed E-state index contributed by atoms with van der Waals surface area (Å²) < 4.78 is 5.24. The molecule has 20 heavy (non-hydrogen) atoms. The fourth-order valence-corrected chi connectivity index (χ4v) is 1.90. The first kappa shape index (κ1) is 16.2. The first-order chi connectivity index (χ1) is 9.28. The number of allylic oxidation sites excluding steroid dienone is 1. The lowest BCUT2D eigenvalue weighted by atomic mass is 9.99. The lowest BCUT2D eigenvalue weighted by Crippen LogP contribution is -2.43. The van der Waals surface area contributed by atoms with Crippen molar-refractivity contribution in [2.24, 2.45) is 0 Å². The molecule has 0 unspecified atom stereocenters. The zero-order chi connectivity index (χ0) is 15.3. The van der Waals surface area contributed by atoms with Crippen LogP contribution in [0.25, 0.3) is 0 Å². The van der Waals surface area contributed by atoms with Crippen LogP contribution in [0.2, 0.25) is 0 Å². The maximum atomic E-state index is 12.2. The predicted octanol–water partition coefficient (Wildman–Crippen LogP) is 1.90. The molecule has 0 saturated carbocycles. The van der Waals surface area contributed by atoms with E-state index in [1.807, 2.05) is 0 Å². The van der Waals surface area contributed by atoms with E-state index in [2.05, 4.69) is 0 Å². The third kappa shape index (κ3) is 4.38. The molecule has 0 aromatic heterocycles. The van der Waals surface area contributed by atoms with Crippen LogP contribution >= 0.6 is 0 Å². The molecule has 0 bridgehead atoms. The minimum atomic E-state index is -0.712. The van der Waals surface area contributed by atoms with Crippen LogP contribution in [-0.2, 0) is 9.53 Å². The topological polar surface area (TPSA) is 87.1 Å². The van der Waals surface area contributed by atoms with Gasteiger partial charge in [0.05, 0.1) is 12.1 Å². The number of carbonyl (C=O) groups is 2. The first-order valence-electron chi connectivity index (χ1n) is 6.46. The summed E-state index contributed by atoms with van der Waals surface area (Å²) in [6.45, 7) is 5.15. The molecule has 0 heterocycles. The van der Waals surface area contributed by atoms with Gasteiger partial charge in [0.1, 0.15) is 17.6 Å². The highest BCUT2D eigenvalue weighted by molar-refractivity contribution is 5.82.